The number of hydrogen-bond acceptors (Lipinski definition) is 3. The van der Waals surface area contributed by atoms with Gasteiger partial charge >= 0.3 is 0 Å². The van der Waals surface area contributed by atoms with Crippen molar-refractivity contribution < 1.29 is 14.3 Å². The number of carbonyl (C=O) groups excluding carboxylic acids is 1. The fourth-order valence-corrected chi connectivity index (χ4v) is 1.24. The average molecular weight is 199 g/mol. The van der Waals surface area contributed by atoms with Crippen molar-refractivity contribution >= 4 is 5.91 Å². The molecular weight excluding hydrogens is 182 g/mol. The van der Waals surface area contributed by atoms with Crippen LogP contribution in [0, 0.1) is 0 Å². The lowest BCUT2D eigenvalue weighted by atomic mass is 10.3. The number of hydrogen-bond donors (Lipinski definition) is 1. The molecule has 1 aliphatic heterocycles. The van der Waals surface area contributed by atoms with Gasteiger partial charge in [0.2, 0.25) is 5.91 Å². The summed E-state index contributed by atoms with van der Waals surface area (Å²) in [5.41, 5.74) is 0. The van der Waals surface area contributed by atoms with Crippen molar-refractivity contribution in [2.45, 2.75) is 32.6 Å². The van der Waals surface area contributed by atoms with Crippen LogP contribution >= 0.6 is 0 Å². The third kappa shape index (κ3) is 4.39. The van der Waals surface area contributed by atoms with Gasteiger partial charge < -0.3 is 14.8 Å². The first kappa shape index (κ1) is 11.2. The number of amides is 1. The standard InChI is InChI=1S/C10H17NO3/c1-8(11-9(2)12)4-5-10-13-6-3-7-14-10/h4-5,8,10H,3,6-7H2,1-2H3,(H,11,12)/b5-4+/t8-/m0/s1. The molecular formula is C10H17NO3. The molecule has 1 N–H and O–H groups in total. The summed E-state index contributed by atoms with van der Waals surface area (Å²) >= 11 is 0. The van der Waals surface area contributed by atoms with E-state index < -0.39 is 0 Å². The van der Waals surface area contributed by atoms with Gasteiger partial charge in [-0.25, -0.2) is 0 Å². The number of ether oxygens (including phenoxy) is 2. The molecule has 1 rings (SSSR count). The fourth-order valence-electron chi connectivity index (χ4n) is 1.24. The molecule has 1 amide bonds. The molecule has 4 nitrogen and oxygen atoms in total. The molecule has 0 aromatic carbocycles. The first-order valence-electron chi connectivity index (χ1n) is 4.87. The molecule has 1 heterocycles. The summed E-state index contributed by atoms with van der Waals surface area (Å²) in [6.07, 6.45) is 4.41. The van der Waals surface area contributed by atoms with Gasteiger partial charge in [0.15, 0.2) is 6.29 Å². The Hall–Kier alpha value is -0.870. The van der Waals surface area contributed by atoms with Crippen LogP contribution in [0.25, 0.3) is 0 Å². The molecule has 0 aromatic rings. The van der Waals surface area contributed by atoms with Crippen molar-refractivity contribution in [1.29, 1.82) is 0 Å². The van der Waals surface area contributed by atoms with Crippen molar-refractivity contribution in [3.8, 4) is 0 Å². The fraction of sp³-hybridized carbons (Fsp3) is 0.700. The van der Waals surface area contributed by atoms with Crippen molar-refractivity contribution in [3.05, 3.63) is 12.2 Å². The molecule has 1 fully saturated rings. The molecule has 0 aliphatic carbocycles. The third-order valence-electron chi connectivity index (χ3n) is 1.84. The number of nitrogens with one attached hydrogen (secondary N) is 1. The van der Waals surface area contributed by atoms with Crippen LogP contribution in [0.1, 0.15) is 20.3 Å². The highest BCUT2D eigenvalue weighted by atomic mass is 16.7. The molecule has 0 spiro atoms. The molecule has 1 atom stereocenters. The van der Waals surface area contributed by atoms with Gasteiger partial charge in [0.05, 0.1) is 13.2 Å². The van der Waals surface area contributed by atoms with Crippen LogP contribution in [-0.4, -0.2) is 31.5 Å². The van der Waals surface area contributed by atoms with Gasteiger partial charge in [0.25, 0.3) is 0 Å². The molecule has 0 unspecified atom stereocenters. The second-order valence-electron chi connectivity index (χ2n) is 3.34. The maximum absolute atomic E-state index is 10.7. The van der Waals surface area contributed by atoms with E-state index in [0.29, 0.717) is 0 Å². The minimum atomic E-state index is -0.250. The van der Waals surface area contributed by atoms with Crippen LogP contribution in [0.4, 0.5) is 0 Å². The van der Waals surface area contributed by atoms with E-state index in [1.54, 1.807) is 0 Å². The lowest BCUT2D eigenvalue weighted by Crippen LogP contribution is -2.29. The highest BCUT2D eigenvalue weighted by molar-refractivity contribution is 5.73. The first-order chi connectivity index (χ1) is 6.68. The van der Waals surface area contributed by atoms with Crippen LogP contribution in [0.2, 0.25) is 0 Å². The first-order valence-corrected chi connectivity index (χ1v) is 4.87. The van der Waals surface area contributed by atoms with Crippen LogP contribution < -0.4 is 5.32 Å². The predicted octanol–water partition coefficient (Wildman–Crippen LogP) is 0.830. The maximum atomic E-state index is 10.7. The molecule has 1 aliphatic rings. The minimum Gasteiger partial charge on any atom is -0.350 e. The highest BCUT2D eigenvalue weighted by Gasteiger charge is 2.10. The Morgan fingerprint density at radius 1 is 1.50 bits per heavy atom. The van der Waals surface area contributed by atoms with E-state index in [9.17, 15) is 4.79 Å². The van der Waals surface area contributed by atoms with E-state index in [4.69, 9.17) is 9.47 Å². The third-order valence-corrected chi connectivity index (χ3v) is 1.84. The van der Waals surface area contributed by atoms with Gasteiger partial charge in [0.1, 0.15) is 0 Å². The van der Waals surface area contributed by atoms with Crippen LogP contribution in [0.3, 0.4) is 0 Å². The van der Waals surface area contributed by atoms with Gasteiger partial charge in [-0.3, -0.25) is 4.79 Å². The smallest absolute Gasteiger partial charge is 0.217 e. The summed E-state index contributed by atoms with van der Waals surface area (Å²) in [5.74, 6) is -0.0346. The quantitative estimate of drug-likeness (QED) is 0.685. The molecule has 80 valence electrons. The summed E-state index contributed by atoms with van der Waals surface area (Å²) in [5, 5.41) is 2.75. The number of rotatable bonds is 3. The molecule has 0 radical (unpaired) electrons. The average Bonchev–Trinajstić information content (AvgIpc) is 2.15. The Morgan fingerprint density at radius 3 is 2.71 bits per heavy atom. The van der Waals surface area contributed by atoms with E-state index in [2.05, 4.69) is 5.32 Å². The van der Waals surface area contributed by atoms with E-state index in [0.717, 1.165) is 19.6 Å². The Morgan fingerprint density at radius 2 is 2.14 bits per heavy atom. The lowest BCUT2D eigenvalue weighted by Gasteiger charge is -2.20. The van der Waals surface area contributed by atoms with Crippen LogP contribution in [0.15, 0.2) is 12.2 Å². The Bertz CT molecular complexity index is 209. The molecule has 0 saturated carbocycles. The van der Waals surface area contributed by atoms with E-state index >= 15 is 0 Å². The van der Waals surface area contributed by atoms with Gasteiger partial charge in [-0.15, -0.1) is 0 Å². The molecule has 14 heavy (non-hydrogen) atoms. The zero-order chi connectivity index (χ0) is 10.4. The van der Waals surface area contributed by atoms with Gasteiger partial charge in [-0.1, -0.05) is 6.08 Å². The lowest BCUT2D eigenvalue weighted by molar-refractivity contribution is -0.149. The van der Waals surface area contributed by atoms with Crippen LogP contribution in [-0.2, 0) is 14.3 Å². The van der Waals surface area contributed by atoms with E-state index in [1.807, 2.05) is 19.1 Å². The predicted molar refractivity (Wildman–Crippen MR) is 52.7 cm³/mol. The van der Waals surface area contributed by atoms with E-state index in [1.165, 1.54) is 6.92 Å². The molecule has 4 heteroatoms. The topological polar surface area (TPSA) is 47.6 Å². The van der Waals surface area contributed by atoms with Crippen molar-refractivity contribution in [2.75, 3.05) is 13.2 Å². The van der Waals surface area contributed by atoms with Crippen molar-refractivity contribution in [1.82, 2.24) is 5.32 Å². The van der Waals surface area contributed by atoms with Gasteiger partial charge in [-0.2, -0.15) is 0 Å². The number of carbonyl (C=O) groups is 1. The summed E-state index contributed by atoms with van der Waals surface area (Å²) in [4.78, 5) is 10.7. The zero-order valence-corrected chi connectivity index (χ0v) is 8.66. The van der Waals surface area contributed by atoms with Crippen molar-refractivity contribution in [3.63, 3.8) is 0 Å². The monoisotopic (exact) mass is 199 g/mol. The van der Waals surface area contributed by atoms with Crippen LogP contribution in [0.5, 0.6) is 0 Å². The normalized spacial score (nSPS) is 21.0. The maximum Gasteiger partial charge on any atom is 0.217 e. The second-order valence-corrected chi connectivity index (χ2v) is 3.34. The summed E-state index contributed by atoms with van der Waals surface area (Å²) < 4.78 is 10.6. The van der Waals surface area contributed by atoms with Gasteiger partial charge in [-0.05, 0) is 19.4 Å². The largest absolute Gasteiger partial charge is 0.350 e. The van der Waals surface area contributed by atoms with Gasteiger partial charge in [0, 0.05) is 13.0 Å². The summed E-state index contributed by atoms with van der Waals surface area (Å²) in [6.45, 7) is 4.88. The Labute approximate surface area is 84.3 Å². The zero-order valence-electron chi connectivity index (χ0n) is 8.66. The Balaban J connectivity index is 2.26. The highest BCUT2D eigenvalue weighted by Crippen LogP contribution is 2.05. The summed E-state index contributed by atoms with van der Waals surface area (Å²) in [7, 11) is 0. The second kappa shape index (κ2) is 5.78. The SMILES string of the molecule is CC(=O)N[C@@H](C)/C=C/C1OCCCO1. The molecule has 0 bridgehead atoms. The minimum absolute atomic E-state index is 0.0154. The summed E-state index contributed by atoms with van der Waals surface area (Å²) in [6, 6.07) is 0.0154. The molecule has 0 aromatic heterocycles. The van der Waals surface area contributed by atoms with E-state index in [-0.39, 0.29) is 18.2 Å². The Kier molecular flexibility index (Phi) is 4.62. The van der Waals surface area contributed by atoms with Crippen molar-refractivity contribution in [2.24, 2.45) is 0 Å². The molecule has 1 saturated heterocycles.